The molecule has 3 heterocycles. The van der Waals surface area contributed by atoms with E-state index in [0.717, 1.165) is 45.4 Å². The lowest BCUT2D eigenvalue weighted by atomic mass is 9.99. The van der Waals surface area contributed by atoms with Crippen LogP contribution in [0.2, 0.25) is 0 Å². The Balaban J connectivity index is 1.23. The predicted octanol–water partition coefficient (Wildman–Crippen LogP) is 2.89. The minimum absolute atomic E-state index is 0.0230. The smallest absolute Gasteiger partial charge is 0.219 e. The highest BCUT2D eigenvalue weighted by molar-refractivity contribution is 5.96. The molecule has 7 nitrogen and oxygen atoms in total. The van der Waals surface area contributed by atoms with Crippen molar-refractivity contribution in [1.82, 2.24) is 14.8 Å². The first-order chi connectivity index (χ1) is 16.0. The largest absolute Gasteiger partial charge is 0.392 e. The van der Waals surface area contributed by atoms with Crippen LogP contribution in [-0.4, -0.2) is 69.9 Å². The van der Waals surface area contributed by atoms with Crippen LogP contribution >= 0.6 is 0 Å². The molecule has 0 unspecified atom stereocenters. The first kappa shape index (κ1) is 23.4. The summed E-state index contributed by atoms with van der Waals surface area (Å²) in [4.78, 5) is 32.7. The number of rotatable bonds is 8. The second kappa shape index (κ2) is 10.9. The Kier molecular flexibility index (Phi) is 7.73. The number of carbonyl (C=O) groups is 2. The van der Waals surface area contributed by atoms with Crippen LogP contribution in [0.15, 0.2) is 42.6 Å². The summed E-state index contributed by atoms with van der Waals surface area (Å²) in [5.41, 5.74) is 3.34. The molecule has 4 rings (SSSR count). The number of hydrogen-bond acceptors (Lipinski definition) is 6. The van der Waals surface area contributed by atoms with Gasteiger partial charge in [0.2, 0.25) is 5.91 Å². The molecule has 0 bridgehead atoms. The Bertz CT molecular complexity index is 972. The van der Waals surface area contributed by atoms with E-state index in [1.165, 1.54) is 11.1 Å². The fourth-order valence-corrected chi connectivity index (χ4v) is 4.77. The number of pyridine rings is 1. The number of hydrogen-bond donors (Lipinski definition) is 2. The lowest BCUT2D eigenvalue weighted by molar-refractivity contribution is -0.129. The molecule has 1 aromatic carbocycles. The highest BCUT2D eigenvalue weighted by atomic mass is 16.3. The lowest BCUT2D eigenvalue weighted by Gasteiger charge is -2.32. The Morgan fingerprint density at radius 1 is 1.15 bits per heavy atom. The Morgan fingerprint density at radius 2 is 1.91 bits per heavy atom. The third-order valence-electron chi connectivity index (χ3n) is 6.76. The van der Waals surface area contributed by atoms with Gasteiger partial charge in [-0.1, -0.05) is 24.3 Å². The van der Waals surface area contributed by atoms with E-state index < -0.39 is 6.10 Å². The minimum Gasteiger partial charge on any atom is -0.392 e. The van der Waals surface area contributed by atoms with Crippen molar-refractivity contribution in [3.8, 4) is 0 Å². The van der Waals surface area contributed by atoms with E-state index in [9.17, 15) is 14.7 Å². The second-order valence-corrected chi connectivity index (χ2v) is 9.22. The number of benzene rings is 1. The van der Waals surface area contributed by atoms with Gasteiger partial charge in [-0.05, 0) is 48.9 Å². The number of likely N-dealkylation sites (tertiary alicyclic amines) is 1. The number of aliphatic hydroxyl groups excluding tert-OH is 1. The molecular formula is C26H34N4O3. The Morgan fingerprint density at radius 3 is 2.67 bits per heavy atom. The van der Waals surface area contributed by atoms with Gasteiger partial charge < -0.3 is 15.3 Å². The zero-order valence-electron chi connectivity index (χ0n) is 19.4. The molecule has 2 N–H and O–H groups in total. The summed E-state index contributed by atoms with van der Waals surface area (Å²) in [6.45, 7) is 5.47. The van der Waals surface area contributed by atoms with Crippen LogP contribution in [0.4, 0.5) is 5.82 Å². The number of Topliss-reactive ketones (excluding diaryl/α,β-unsaturated/α-hetero) is 1. The number of piperidine rings is 1. The fourth-order valence-electron chi connectivity index (χ4n) is 4.77. The van der Waals surface area contributed by atoms with E-state index in [1.54, 1.807) is 25.3 Å². The van der Waals surface area contributed by atoms with E-state index in [1.807, 2.05) is 4.90 Å². The molecule has 0 aliphatic carbocycles. The topological polar surface area (TPSA) is 85.8 Å². The third kappa shape index (κ3) is 6.39. The molecule has 0 saturated carbocycles. The second-order valence-electron chi connectivity index (χ2n) is 9.22. The van der Waals surface area contributed by atoms with Gasteiger partial charge in [-0.25, -0.2) is 4.98 Å². The van der Waals surface area contributed by atoms with E-state index in [4.69, 9.17) is 0 Å². The van der Waals surface area contributed by atoms with Crippen LogP contribution in [-0.2, 0) is 17.8 Å². The molecule has 0 radical (unpaired) electrons. The summed E-state index contributed by atoms with van der Waals surface area (Å²) in [5.74, 6) is 0.830. The number of carbonyl (C=O) groups excluding carboxylic acids is 2. The maximum atomic E-state index is 12.7. The van der Waals surface area contributed by atoms with Crippen LogP contribution in [0.3, 0.4) is 0 Å². The molecule has 0 spiro atoms. The first-order valence-electron chi connectivity index (χ1n) is 12.0. The number of amides is 1. The lowest BCUT2D eigenvalue weighted by Crippen LogP contribution is -2.41. The van der Waals surface area contributed by atoms with Gasteiger partial charge in [-0.15, -0.1) is 0 Å². The van der Waals surface area contributed by atoms with Crippen molar-refractivity contribution in [3.05, 3.63) is 59.3 Å². The standard InChI is InChI=1S/C26H34N4O3/c1-19(31)30-14-10-23(11-15-30)28-26-16-21(8-12-27-26)25(33)7-6-24(32)18-29-13-9-20-4-2-3-5-22(20)17-29/h2-5,8,12,16,23-24,32H,6-7,9-11,13-15,17-18H2,1H3,(H,27,28)/t24-/m0/s1. The van der Waals surface area contributed by atoms with E-state index >= 15 is 0 Å². The molecule has 176 valence electrons. The minimum atomic E-state index is -0.523. The first-order valence-corrected chi connectivity index (χ1v) is 12.0. The Hall–Kier alpha value is -2.77. The molecule has 1 amide bonds. The quantitative estimate of drug-likeness (QED) is 0.602. The van der Waals surface area contributed by atoms with Crippen molar-refractivity contribution in [3.63, 3.8) is 0 Å². The van der Waals surface area contributed by atoms with Gasteiger partial charge in [0.05, 0.1) is 6.10 Å². The zero-order valence-corrected chi connectivity index (χ0v) is 19.4. The molecule has 1 fully saturated rings. The Labute approximate surface area is 195 Å². The predicted molar refractivity (Wildman–Crippen MR) is 128 cm³/mol. The summed E-state index contributed by atoms with van der Waals surface area (Å²) in [6.07, 6.45) is 4.63. The van der Waals surface area contributed by atoms with Gasteiger partial charge in [0, 0.05) is 63.9 Å². The monoisotopic (exact) mass is 450 g/mol. The van der Waals surface area contributed by atoms with Crippen molar-refractivity contribution in [2.24, 2.45) is 0 Å². The summed E-state index contributed by atoms with van der Waals surface area (Å²) >= 11 is 0. The van der Waals surface area contributed by atoms with Crippen LogP contribution in [0.1, 0.15) is 54.1 Å². The average molecular weight is 451 g/mol. The highest BCUT2D eigenvalue weighted by Gasteiger charge is 2.22. The van der Waals surface area contributed by atoms with E-state index in [-0.39, 0.29) is 17.7 Å². The number of nitrogens with one attached hydrogen (secondary N) is 1. The van der Waals surface area contributed by atoms with Gasteiger partial charge in [-0.3, -0.25) is 14.5 Å². The number of nitrogens with zero attached hydrogens (tertiary/aromatic N) is 3. The number of fused-ring (bicyclic) bond motifs is 1. The van der Waals surface area contributed by atoms with Crippen molar-refractivity contribution in [1.29, 1.82) is 0 Å². The summed E-state index contributed by atoms with van der Waals surface area (Å²) in [7, 11) is 0. The van der Waals surface area contributed by atoms with Gasteiger partial charge in [0.25, 0.3) is 0 Å². The molecule has 1 aromatic heterocycles. The number of anilines is 1. The molecule has 33 heavy (non-hydrogen) atoms. The van der Waals surface area contributed by atoms with Crippen LogP contribution < -0.4 is 5.32 Å². The van der Waals surface area contributed by atoms with Crippen molar-refractivity contribution in [2.45, 2.75) is 57.7 Å². The fraction of sp³-hybridized carbons (Fsp3) is 0.500. The number of β-amino-alcohol motifs (C(OH)–C–C–N with tert-alkyl or cyclic N) is 1. The van der Waals surface area contributed by atoms with E-state index in [2.05, 4.69) is 39.5 Å². The number of ketones is 1. The van der Waals surface area contributed by atoms with Crippen molar-refractivity contribution < 1.29 is 14.7 Å². The van der Waals surface area contributed by atoms with Gasteiger partial charge in [0.1, 0.15) is 5.82 Å². The molecule has 7 heteroatoms. The van der Waals surface area contributed by atoms with Crippen LogP contribution in [0.5, 0.6) is 0 Å². The van der Waals surface area contributed by atoms with Crippen LogP contribution in [0, 0.1) is 0 Å². The normalized spacial score (nSPS) is 17.9. The molecule has 2 aliphatic heterocycles. The summed E-state index contributed by atoms with van der Waals surface area (Å²) in [6, 6.07) is 12.2. The van der Waals surface area contributed by atoms with E-state index in [0.29, 0.717) is 30.8 Å². The van der Waals surface area contributed by atoms with Gasteiger partial charge in [0.15, 0.2) is 5.78 Å². The highest BCUT2D eigenvalue weighted by Crippen LogP contribution is 2.20. The summed E-state index contributed by atoms with van der Waals surface area (Å²) < 4.78 is 0. The van der Waals surface area contributed by atoms with Crippen LogP contribution in [0.25, 0.3) is 0 Å². The maximum Gasteiger partial charge on any atom is 0.219 e. The van der Waals surface area contributed by atoms with Crippen molar-refractivity contribution >= 4 is 17.5 Å². The molecule has 2 aromatic rings. The molecular weight excluding hydrogens is 416 g/mol. The molecule has 1 saturated heterocycles. The zero-order chi connectivity index (χ0) is 23.2. The van der Waals surface area contributed by atoms with Gasteiger partial charge >= 0.3 is 0 Å². The maximum absolute atomic E-state index is 12.7. The third-order valence-corrected chi connectivity index (χ3v) is 6.76. The SMILES string of the molecule is CC(=O)N1CCC(Nc2cc(C(=O)CC[C@H](O)CN3CCc4ccccc4C3)ccn2)CC1. The van der Waals surface area contributed by atoms with Crippen molar-refractivity contribution in [2.75, 3.05) is 31.5 Å². The number of aliphatic hydroxyl groups is 1. The van der Waals surface area contributed by atoms with Gasteiger partial charge in [-0.2, -0.15) is 0 Å². The molecule has 2 aliphatic rings. The number of aromatic nitrogens is 1. The molecule has 1 atom stereocenters. The average Bonchev–Trinajstić information content (AvgIpc) is 2.83. The summed E-state index contributed by atoms with van der Waals surface area (Å²) in [5, 5.41) is 13.9.